The Labute approximate surface area is 124 Å². The van der Waals surface area contributed by atoms with Crippen LogP contribution in [0.1, 0.15) is 17.0 Å². The van der Waals surface area contributed by atoms with Crippen molar-refractivity contribution in [3.05, 3.63) is 65.5 Å². The van der Waals surface area contributed by atoms with Crippen LogP contribution in [-0.2, 0) is 18.8 Å². The van der Waals surface area contributed by atoms with E-state index < -0.39 is 0 Å². The third-order valence-corrected chi connectivity index (χ3v) is 3.81. The molecule has 102 valence electrons. The number of aryl methyl sites for hydroxylation is 3. The number of fused-ring (bicyclic) bond motifs is 1. The van der Waals surface area contributed by atoms with Gasteiger partial charge in [0, 0.05) is 6.54 Å². The lowest BCUT2D eigenvalue weighted by atomic mass is 10.1. The molecule has 0 amide bonds. The number of benzene rings is 2. The molecule has 20 heavy (non-hydrogen) atoms. The molecule has 0 atom stereocenters. The summed E-state index contributed by atoms with van der Waals surface area (Å²) in [7, 11) is 0. The van der Waals surface area contributed by atoms with Gasteiger partial charge in [0.1, 0.15) is 5.82 Å². The Morgan fingerprint density at radius 3 is 2.65 bits per heavy atom. The molecule has 0 spiro atoms. The van der Waals surface area contributed by atoms with E-state index in [9.17, 15) is 0 Å². The zero-order chi connectivity index (χ0) is 13.9. The first-order chi connectivity index (χ1) is 9.78. The van der Waals surface area contributed by atoms with Crippen molar-refractivity contribution in [2.45, 2.75) is 25.8 Å². The van der Waals surface area contributed by atoms with Crippen molar-refractivity contribution in [3.8, 4) is 0 Å². The highest BCUT2D eigenvalue weighted by Crippen LogP contribution is 2.20. The molecule has 3 aromatic rings. The van der Waals surface area contributed by atoms with Gasteiger partial charge in [-0.1, -0.05) is 36.4 Å². The first-order valence-corrected chi connectivity index (χ1v) is 7.37. The zero-order valence-corrected chi connectivity index (χ0v) is 12.3. The van der Waals surface area contributed by atoms with Gasteiger partial charge in [0.2, 0.25) is 0 Å². The number of aromatic nitrogens is 2. The quantitative estimate of drug-likeness (QED) is 0.652. The van der Waals surface area contributed by atoms with Gasteiger partial charge < -0.3 is 4.57 Å². The molecule has 3 heteroatoms. The summed E-state index contributed by atoms with van der Waals surface area (Å²) in [5.41, 5.74) is 4.79. The lowest BCUT2D eigenvalue weighted by molar-refractivity contribution is 0.688. The zero-order valence-electron chi connectivity index (χ0n) is 11.5. The third-order valence-electron chi connectivity index (χ3n) is 3.57. The fourth-order valence-corrected chi connectivity index (χ4v) is 2.72. The highest BCUT2D eigenvalue weighted by molar-refractivity contribution is 6.16. The predicted octanol–water partition coefficient (Wildman–Crippen LogP) is 4.33. The average Bonchev–Trinajstić information content (AvgIpc) is 2.83. The van der Waals surface area contributed by atoms with Crippen LogP contribution in [0.4, 0.5) is 0 Å². The number of rotatable bonds is 4. The van der Waals surface area contributed by atoms with Crippen LogP contribution in [0.5, 0.6) is 0 Å². The second-order valence-electron chi connectivity index (χ2n) is 5.04. The molecule has 0 aliphatic rings. The van der Waals surface area contributed by atoms with Crippen molar-refractivity contribution >= 4 is 22.6 Å². The first-order valence-electron chi connectivity index (χ1n) is 6.83. The Bertz CT molecular complexity index is 716. The molecule has 1 aromatic heterocycles. The molecule has 2 nitrogen and oxygen atoms in total. The van der Waals surface area contributed by atoms with Gasteiger partial charge in [-0.05, 0) is 36.6 Å². The summed E-state index contributed by atoms with van der Waals surface area (Å²) in [6.07, 6.45) is 0.990. The van der Waals surface area contributed by atoms with Crippen LogP contribution in [0.3, 0.4) is 0 Å². The SMILES string of the molecule is Cc1ccc2nc(CCl)n(CCc3ccccc3)c2c1. The van der Waals surface area contributed by atoms with E-state index in [4.69, 9.17) is 11.6 Å². The van der Waals surface area contributed by atoms with Crippen molar-refractivity contribution in [2.24, 2.45) is 0 Å². The lowest BCUT2D eigenvalue weighted by Gasteiger charge is -2.08. The summed E-state index contributed by atoms with van der Waals surface area (Å²) in [6, 6.07) is 16.9. The maximum absolute atomic E-state index is 6.04. The molecule has 3 rings (SSSR count). The van der Waals surface area contributed by atoms with Crippen LogP contribution in [0.2, 0.25) is 0 Å². The molecule has 0 N–H and O–H groups in total. The van der Waals surface area contributed by atoms with Crippen molar-refractivity contribution < 1.29 is 0 Å². The second-order valence-corrected chi connectivity index (χ2v) is 5.31. The van der Waals surface area contributed by atoms with E-state index in [0.717, 1.165) is 24.3 Å². The van der Waals surface area contributed by atoms with E-state index in [1.807, 2.05) is 6.07 Å². The predicted molar refractivity (Wildman–Crippen MR) is 84.2 cm³/mol. The van der Waals surface area contributed by atoms with Crippen LogP contribution in [0.15, 0.2) is 48.5 Å². The van der Waals surface area contributed by atoms with Crippen LogP contribution >= 0.6 is 11.6 Å². The molecule has 1 heterocycles. The number of nitrogens with zero attached hydrogens (tertiary/aromatic N) is 2. The average molecular weight is 285 g/mol. The molecule has 0 unspecified atom stereocenters. The van der Waals surface area contributed by atoms with E-state index in [0.29, 0.717) is 5.88 Å². The Hall–Kier alpha value is -1.80. The van der Waals surface area contributed by atoms with E-state index in [1.165, 1.54) is 16.6 Å². The minimum atomic E-state index is 0.447. The van der Waals surface area contributed by atoms with E-state index in [1.54, 1.807) is 0 Å². The van der Waals surface area contributed by atoms with E-state index in [-0.39, 0.29) is 0 Å². The molecule has 2 aromatic carbocycles. The van der Waals surface area contributed by atoms with Gasteiger partial charge in [0.05, 0.1) is 16.9 Å². The van der Waals surface area contributed by atoms with Crippen molar-refractivity contribution in [2.75, 3.05) is 0 Å². The molecule has 0 saturated heterocycles. The minimum Gasteiger partial charge on any atom is -0.327 e. The summed E-state index contributed by atoms with van der Waals surface area (Å²) < 4.78 is 2.24. The standard InChI is InChI=1S/C17H17ClN2/c1-13-7-8-15-16(11-13)20(17(12-18)19-15)10-9-14-5-3-2-4-6-14/h2-8,11H,9-10,12H2,1H3. The van der Waals surface area contributed by atoms with Gasteiger partial charge >= 0.3 is 0 Å². The summed E-state index contributed by atoms with van der Waals surface area (Å²) >= 11 is 6.04. The smallest absolute Gasteiger partial charge is 0.124 e. The van der Waals surface area contributed by atoms with Crippen molar-refractivity contribution in [1.29, 1.82) is 0 Å². The largest absolute Gasteiger partial charge is 0.327 e. The fraction of sp³-hybridized carbons (Fsp3) is 0.235. The van der Waals surface area contributed by atoms with Crippen LogP contribution in [0, 0.1) is 6.92 Å². The lowest BCUT2D eigenvalue weighted by Crippen LogP contribution is -2.05. The number of imidazole rings is 1. The maximum Gasteiger partial charge on any atom is 0.124 e. The monoisotopic (exact) mass is 284 g/mol. The number of hydrogen-bond donors (Lipinski definition) is 0. The summed E-state index contributed by atoms with van der Waals surface area (Å²) in [5.74, 6) is 1.39. The molecular formula is C17H17ClN2. The molecule has 0 fully saturated rings. The molecule has 0 saturated carbocycles. The molecule has 0 aliphatic heterocycles. The minimum absolute atomic E-state index is 0.447. The van der Waals surface area contributed by atoms with Crippen molar-refractivity contribution in [3.63, 3.8) is 0 Å². The Kier molecular flexibility index (Phi) is 3.75. The first kappa shape index (κ1) is 13.2. The second kappa shape index (κ2) is 5.68. The highest BCUT2D eigenvalue weighted by Gasteiger charge is 2.09. The molecule has 0 bridgehead atoms. The number of halogens is 1. The van der Waals surface area contributed by atoms with Crippen molar-refractivity contribution in [1.82, 2.24) is 9.55 Å². The summed E-state index contributed by atoms with van der Waals surface area (Å²) in [5, 5.41) is 0. The van der Waals surface area contributed by atoms with Gasteiger partial charge in [0.25, 0.3) is 0 Å². The van der Waals surface area contributed by atoms with Crippen LogP contribution < -0.4 is 0 Å². The number of hydrogen-bond acceptors (Lipinski definition) is 1. The molecule has 0 radical (unpaired) electrons. The van der Waals surface area contributed by atoms with Crippen LogP contribution in [0.25, 0.3) is 11.0 Å². The Morgan fingerprint density at radius 1 is 1.10 bits per heavy atom. The highest BCUT2D eigenvalue weighted by atomic mass is 35.5. The topological polar surface area (TPSA) is 17.8 Å². The Balaban J connectivity index is 1.95. The van der Waals surface area contributed by atoms with E-state index >= 15 is 0 Å². The number of alkyl halides is 1. The van der Waals surface area contributed by atoms with E-state index in [2.05, 4.69) is 58.9 Å². The molecule has 0 aliphatic carbocycles. The summed E-state index contributed by atoms with van der Waals surface area (Å²) in [4.78, 5) is 4.62. The van der Waals surface area contributed by atoms with Gasteiger partial charge in [-0.25, -0.2) is 4.98 Å². The maximum atomic E-state index is 6.04. The Morgan fingerprint density at radius 2 is 1.90 bits per heavy atom. The third kappa shape index (κ3) is 2.56. The van der Waals surface area contributed by atoms with Gasteiger partial charge in [-0.2, -0.15) is 0 Å². The van der Waals surface area contributed by atoms with Gasteiger partial charge in [-0.3, -0.25) is 0 Å². The van der Waals surface area contributed by atoms with Crippen LogP contribution in [-0.4, -0.2) is 9.55 Å². The summed E-state index contributed by atoms with van der Waals surface area (Å²) in [6.45, 7) is 3.01. The van der Waals surface area contributed by atoms with Gasteiger partial charge in [0.15, 0.2) is 0 Å². The molecular weight excluding hydrogens is 268 g/mol. The fourth-order valence-electron chi connectivity index (χ4n) is 2.52. The van der Waals surface area contributed by atoms with Gasteiger partial charge in [-0.15, -0.1) is 11.6 Å². The normalized spacial score (nSPS) is 11.1.